The Morgan fingerprint density at radius 1 is 0.339 bits per heavy atom. The van der Waals surface area contributed by atoms with Crippen molar-refractivity contribution in [2.45, 2.75) is 0 Å². The van der Waals surface area contributed by atoms with Crippen LogP contribution in [0.5, 0.6) is 0 Å². The van der Waals surface area contributed by atoms with Crippen molar-refractivity contribution in [3.8, 4) is 44.5 Å². The Labute approximate surface area is 371 Å². The molecule has 0 fully saturated rings. The number of furan rings is 1. The van der Waals surface area contributed by atoms with Gasteiger partial charge in [0.15, 0.2) is 0 Å². The van der Waals surface area contributed by atoms with E-state index in [9.17, 15) is 11.0 Å². The van der Waals surface area contributed by atoms with E-state index in [-0.39, 0.29) is 46.7 Å². The predicted octanol–water partition coefficient (Wildman–Crippen LogP) is 17.2. The van der Waals surface area contributed by atoms with E-state index in [2.05, 4.69) is 0 Å². The maximum Gasteiger partial charge on any atom is 0.143 e. The van der Waals surface area contributed by atoms with Crippen LogP contribution in [0.3, 0.4) is 0 Å². The van der Waals surface area contributed by atoms with Gasteiger partial charge in [0.1, 0.15) is 11.2 Å². The molecule has 0 aliphatic rings. The van der Waals surface area contributed by atoms with E-state index in [0.717, 1.165) is 54.2 Å². The number of fused-ring (bicyclic) bond motifs is 8. The minimum absolute atomic E-state index is 0.0894. The smallest absolute Gasteiger partial charge is 0.143 e. The molecular formula is C60H39NO. The second-order valence-electron chi connectivity index (χ2n) is 15.4. The van der Waals surface area contributed by atoms with Crippen LogP contribution in [0.15, 0.2) is 241 Å². The van der Waals surface area contributed by atoms with E-state index in [4.69, 9.17) is 4.42 Å². The summed E-state index contributed by atoms with van der Waals surface area (Å²) < 4.78 is 84.9. The lowest BCUT2D eigenvalue weighted by molar-refractivity contribution is 0.673. The molecule has 2 nitrogen and oxygen atoms in total. The molecule has 0 atom stereocenters. The van der Waals surface area contributed by atoms with Crippen LogP contribution in [0.4, 0.5) is 17.1 Å². The van der Waals surface area contributed by atoms with Gasteiger partial charge in [-0.15, -0.1) is 0 Å². The van der Waals surface area contributed by atoms with Gasteiger partial charge >= 0.3 is 0 Å². The number of para-hydroxylation sites is 1. The third kappa shape index (κ3) is 6.04. The first-order valence-corrected chi connectivity index (χ1v) is 20.6. The summed E-state index contributed by atoms with van der Waals surface area (Å²) in [5, 5.41) is 7.14. The lowest BCUT2D eigenvalue weighted by atomic mass is 9.93. The van der Waals surface area contributed by atoms with Crippen LogP contribution >= 0.6 is 0 Å². The highest BCUT2D eigenvalue weighted by molar-refractivity contribution is 6.20. The molecule has 0 aliphatic carbocycles. The van der Waals surface area contributed by atoms with Gasteiger partial charge in [-0.05, 0) is 114 Å². The first-order chi connectivity index (χ1) is 34.1. The Morgan fingerprint density at radius 2 is 0.903 bits per heavy atom. The Kier molecular flexibility index (Phi) is 6.76. The summed E-state index contributed by atoms with van der Waals surface area (Å²) in [5.74, 6) is 0. The van der Waals surface area contributed by atoms with Gasteiger partial charge in [0.25, 0.3) is 0 Å². The summed E-state index contributed by atoms with van der Waals surface area (Å²) in [7, 11) is 0. The largest absolute Gasteiger partial charge is 0.455 e. The fourth-order valence-electron chi connectivity index (χ4n) is 8.86. The van der Waals surface area contributed by atoms with E-state index < -0.39 is 24.2 Å². The Bertz CT molecular complexity index is 4050. The normalized spacial score (nSPS) is 13.4. The molecule has 0 spiro atoms. The van der Waals surface area contributed by atoms with Crippen LogP contribution in [0, 0.1) is 0 Å². The van der Waals surface area contributed by atoms with Crippen LogP contribution < -0.4 is 4.90 Å². The number of anilines is 3. The Morgan fingerprint density at radius 3 is 1.66 bits per heavy atom. The summed E-state index contributed by atoms with van der Waals surface area (Å²) in [5.41, 5.74) is 5.59. The van der Waals surface area contributed by atoms with Crippen molar-refractivity contribution in [1.29, 1.82) is 0 Å². The van der Waals surface area contributed by atoms with Crippen LogP contribution in [0.2, 0.25) is 0 Å². The second kappa shape index (κ2) is 14.8. The summed E-state index contributed by atoms with van der Waals surface area (Å²) in [6.45, 7) is 0. The monoisotopic (exact) mass is 797 g/mol. The van der Waals surface area contributed by atoms with Gasteiger partial charge in [0.05, 0.1) is 16.7 Å². The minimum Gasteiger partial charge on any atom is -0.455 e. The van der Waals surface area contributed by atoms with Crippen molar-refractivity contribution in [1.82, 2.24) is 0 Å². The summed E-state index contributed by atoms with van der Waals surface area (Å²) in [6.07, 6.45) is 0. The molecule has 1 heterocycles. The third-order valence-electron chi connectivity index (χ3n) is 11.8. The molecule has 0 amide bonds. The second-order valence-corrected chi connectivity index (χ2v) is 15.4. The van der Waals surface area contributed by atoms with Crippen molar-refractivity contribution < 1.29 is 15.4 Å². The van der Waals surface area contributed by atoms with Crippen molar-refractivity contribution >= 4 is 71.3 Å². The number of hydrogen-bond acceptors (Lipinski definition) is 2. The van der Waals surface area contributed by atoms with Crippen molar-refractivity contribution in [3.63, 3.8) is 0 Å². The average molecular weight is 798 g/mol. The zero-order valence-electron chi connectivity index (χ0n) is 41.3. The molecule has 12 aromatic rings. The maximum atomic E-state index is 9.94. The quantitative estimate of drug-likeness (QED) is 0.149. The van der Waals surface area contributed by atoms with Crippen LogP contribution in [-0.4, -0.2) is 0 Å². The average Bonchev–Trinajstić information content (AvgIpc) is 3.80. The molecule has 0 saturated carbocycles. The van der Waals surface area contributed by atoms with Gasteiger partial charge in [-0.25, -0.2) is 0 Å². The summed E-state index contributed by atoms with van der Waals surface area (Å²) in [6, 6.07) is 56.8. The Hall–Kier alpha value is -8.20. The first-order valence-electron chi connectivity index (χ1n) is 24.6. The number of rotatable bonds is 7. The molecule has 0 bridgehead atoms. The number of benzene rings is 11. The highest BCUT2D eigenvalue weighted by atomic mass is 16.3. The summed E-state index contributed by atoms with van der Waals surface area (Å²) in [4.78, 5) is 1.40. The van der Waals surface area contributed by atoms with Gasteiger partial charge in [-0.2, -0.15) is 0 Å². The molecule has 62 heavy (non-hydrogen) atoms. The highest BCUT2D eigenvalue weighted by Gasteiger charge is 2.21. The lowest BCUT2D eigenvalue weighted by Gasteiger charge is -2.28. The van der Waals surface area contributed by atoms with E-state index in [1.54, 1.807) is 24.3 Å². The molecule has 11 aromatic carbocycles. The predicted molar refractivity (Wildman–Crippen MR) is 263 cm³/mol. The van der Waals surface area contributed by atoms with Crippen molar-refractivity contribution in [2.24, 2.45) is 0 Å². The number of hydrogen-bond donors (Lipinski definition) is 0. The molecule has 0 unspecified atom stereocenters. The zero-order valence-corrected chi connectivity index (χ0v) is 33.3. The minimum atomic E-state index is -0.419. The van der Waals surface area contributed by atoms with Gasteiger partial charge in [0, 0.05) is 33.1 Å². The summed E-state index contributed by atoms with van der Waals surface area (Å²) >= 11 is 0. The first kappa shape index (κ1) is 28.3. The van der Waals surface area contributed by atoms with E-state index in [1.165, 1.54) is 4.90 Å². The molecule has 290 valence electrons. The molecule has 12 rings (SSSR count). The molecule has 0 radical (unpaired) electrons. The molecular weight excluding hydrogens is 751 g/mol. The zero-order chi connectivity index (χ0) is 47.9. The van der Waals surface area contributed by atoms with Crippen LogP contribution in [-0.2, 0) is 0 Å². The van der Waals surface area contributed by atoms with Crippen molar-refractivity contribution in [2.75, 3.05) is 4.90 Å². The third-order valence-corrected chi connectivity index (χ3v) is 11.8. The van der Waals surface area contributed by atoms with Gasteiger partial charge < -0.3 is 9.32 Å². The van der Waals surface area contributed by atoms with E-state index in [1.807, 2.05) is 164 Å². The fraction of sp³-hybridized carbons (Fsp3) is 0. The Balaban J connectivity index is 1.13. The van der Waals surface area contributed by atoms with Crippen LogP contribution in [0.1, 0.15) is 11.0 Å². The standard InChI is InChI=1S/C60H39NO/c1-2-13-40(14-3-1)41-25-27-42(28-26-41)43-29-34-47(35-30-43)61(48-36-31-45(32-37-48)56-39-46-16-5-6-17-49(46)51-19-8-9-20-52(51)56)57-23-11-10-21-53(57)54-22-12-24-58-59(54)55-38-33-44-15-4-7-18-50(44)60(55)62-58/h1-39H/i29D,30D,31D,32D,34D,35D,36D,37D. The van der Waals surface area contributed by atoms with Crippen molar-refractivity contribution in [3.05, 3.63) is 236 Å². The topological polar surface area (TPSA) is 16.4 Å². The molecule has 0 N–H and O–H groups in total. The van der Waals surface area contributed by atoms with Gasteiger partial charge in [0.2, 0.25) is 0 Å². The molecule has 0 saturated heterocycles. The maximum absolute atomic E-state index is 9.94. The van der Waals surface area contributed by atoms with Gasteiger partial charge in [-0.1, -0.05) is 188 Å². The number of nitrogens with zero attached hydrogens (tertiary/aromatic N) is 1. The molecule has 2 heteroatoms. The van der Waals surface area contributed by atoms with Crippen LogP contribution in [0.25, 0.3) is 98.8 Å². The van der Waals surface area contributed by atoms with E-state index >= 15 is 0 Å². The SMILES string of the molecule is [2H]c1c([2H])c(N(c2ccccc2-c2cccc3oc4c5ccccc5ccc4c23)c2c([2H])c([2H])c(-c3cc4ccccc4c4ccccc34)c([2H])c2[2H])c([2H])c([2H])c1-c1ccc(-c2ccccc2)cc1. The van der Waals surface area contributed by atoms with E-state index in [0.29, 0.717) is 39.1 Å². The fourth-order valence-corrected chi connectivity index (χ4v) is 8.86. The van der Waals surface area contributed by atoms with Gasteiger partial charge in [-0.3, -0.25) is 0 Å². The lowest BCUT2D eigenvalue weighted by Crippen LogP contribution is -2.11. The highest BCUT2D eigenvalue weighted by Crippen LogP contribution is 2.46. The molecule has 0 aliphatic heterocycles. The molecule has 1 aromatic heterocycles.